The van der Waals surface area contributed by atoms with Gasteiger partial charge in [-0.2, -0.15) is 0 Å². The first-order chi connectivity index (χ1) is 17.0. The first kappa shape index (κ1) is 24.2. The molecule has 7 heteroatoms. The molecule has 5 rings (SSSR count). The first-order valence-corrected chi connectivity index (χ1v) is 13.7. The van der Waals surface area contributed by atoms with Gasteiger partial charge in [-0.25, -0.2) is 4.68 Å². The summed E-state index contributed by atoms with van der Waals surface area (Å²) in [4.78, 5) is 19.0. The average molecular weight is 477 g/mol. The summed E-state index contributed by atoms with van der Waals surface area (Å²) in [7, 11) is 0. The summed E-state index contributed by atoms with van der Waals surface area (Å²) in [5.41, 5.74) is 4.23. The maximum atomic E-state index is 13.3. The van der Waals surface area contributed by atoms with Gasteiger partial charge in [-0.05, 0) is 91.1 Å². The lowest BCUT2D eigenvalue weighted by Crippen LogP contribution is -2.41. The smallest absolute Gasteiger partial charge is 0.252 e. The minimum absolute atomic E-state index is 0.0206. The van der Waals surface area contributed by atoms with E-state index in [9.17, 15) is 4.79 Å². The first-order valence-electron chi connectivity index (χ1n) is 13.7. The predicted molar refractivity (Wildman–Crippen MR) is 139 cm³/mol. The van der Waals surface area contributed by atoms with E-state index in [1.165, 1.54) is 56.1 Å². The molecular formula is C28H40N6O. The van der Waals surface area contributed by atoms with Gasteiger partial charge < -0.3 is 4.98 Å². The molecule has 1 aromatic carbocycles. The molecule has 2 aliphatic carbocycles. The van der Waals surface area contributed by atoms with Gasteiger partial charge >= 0.3 is 0 Å². The zero-order chi connectivity index (χ0) is 24.4. The van der Waals surface area contributed by atoms with Gasteiger partial charge in [-0.15, -0.1) is 5.10 Å². The number of aromatic nitrogens is 5. The van der Waals surface area contributed by atoms with Crippen molar-refractivity contribution in [3.63, 3.8) is 0 Å². The second kappa shape index (κ2) is 10.6. The molecule has 3 aromatic rings. The van der Waals surface area contributed by atoms with E-state index in [1.54, 1.807) is 0 Å². The van der Waals surface area contributed by atoms with Gasteiger partial charge in [0.2, 0.25) is 0 Å². The van der Waals surface area contributed by atoms with Crippen LogP contribution in [0, 0.1) is 13.8 Å². The van der Waals surface area contributed by atoms with Gasteiger partial charge in [0.05, 0.1) is 12.1 Å². The van der Waals surface area contributed by atoms with E-state index in [2.05, 4.69) is 69.1 Å². The Kier molecular flexibility index (Phi) is 7.32. The molecule has 0 amide bonds. The molecular weight excluding hydrogens is 436 g/mol. The van der Waals surface area contributed by atoms with Crippen molar-refractivity contribution in [1.29, 1.82) is 0 Å². The molecule has 1 atom stereocenters. The van der Waals surface area contributed by atoms with Crippen LogP contribution in [0.15, 0.2) is 23.0 Å². The fourth-order valence-corrected chi connectivity index (χ4v) is 6.29. The number of rotatable bonds is 8. The SMILES string of the molecule is CCC[C@@H](c1nnnn1C1CCCC1)N(Cc1cc2cc(C)c(C)cc2[nH]c1=O)C1CCCCC1. The minimum atomic E-state index is 0.0206. The minimum Gasteiger partial charge on any atom is -0.322 e. The molecule has 2 fully saturated rings. The van der Waals surface area contributed by atoms with Crippen LogP contribution < -0.4 is 5.56 Å². The summed E-state index contributed by atoms with van der Waals surface area (Å²) in [6, 6.07) is 7.36. The highest BCUT2D eigenvalue weighted by Gasteiger charge is 2.34. The molecule has 0 spiro atoms. The van der Waals surface area contributed by atoms with Gasteiger partial charge in [0.15, 0.2) is 5.82 Å². The van der Waals surface area contributed by atoms with Crippen molar-refractivity contribution in [3.8, 4) is 0 Å². The van der Waals surface area contributed by atoms with Crippen LogP contribution >= 0.6 is 0 Å². The van der Waals surface area contributed by atoms with E-state index in [0.29, 0.717) is 18.6 Å². The Hall–Kier alpha value is -2.54. The zero-order valence-electron chi connectivity index (χ0n) is 21.6. The van der Waals surface area contributed by atoms with E-state index in [1.807, 2.05) is 0 Å². The summed E-state index contributed by atoms with van der Waals surface area (Å²) in [5.74, 6) is 0.994. The second-order valence-corrected chi connectivity index (χ2v) is 10.8. The summed E-state index contributed by atoms with van der Waals surface area (Å²) in [5, 5.41) is 14.3. The zero-order valence-corrected chi connectivity index (χ0v) is 21.6. The van der Waals surface area contributed by atoms with Crippen LogP contribution in [-0.4, -0.2) is 36.1 Å². The highest BCUT2D eigenvalue weighted by atomic mass is 16.1. The number of aromatic amines is 1. The number of aryl methyl sites for hydroxylation is 2. The molecule has 188 valence electrons. The topological polar surface area (TPSA) is 79.7 Å². The summed E-state index contributed by atoms with van der Waals surface area (Å²) in [6.45, 7) is 7.10. The molecule has 7 nitrogen and oxygen atoms in total. The standard InChI is InChI=1S/C28H40N6O/c1-4-10-26(27-30-31-32-34(27)24-13-8-9-14-24)33(23-11-6-5-7-12-23)18-22-17-21-15-19(2)20(3)16-25(21)29-28(22)35/h15-17,23-24,26H,4-14,18H2,1-3H3,(H,29,35)/t26-/m0/s1. The number of benzene rings is 1. The Bertz CT molecular complexity index is 1200. The molecule has 35 heavy (non-hydrogen) atoms. The van der Waals surface area contributed by atoms with Crippen LogP contribution in [0.4, 0.5) is 0 Å². The molecule has 1 N–H and O–H groups in total. The third kappa shape index (κ3) is 5.06. The van der Waals surface area contributed by atoms with E-state index in [-0.39, 0.29) is 11.6 Å². The Morgan fingerprint density at radius 1 is 1.03 bits per heavy atom. The largest absolute Gasteiger partial charge is 0.322 e. The van der Waals surface area contributed by atoms with Gasteiger partial charge in [0.25, 0.3) is 5.56 Å². The van der Waals surface area contributed by atoms with Crippen molar-refractivity contribution >= 4 is 10.9 Å². The fourth-order valence-electron chi connectivity index (χ4n) is 6.29. The quantitative estimate of drug-likeness (QED) is 0.436. The Morgan fingerprint density at radius 2 is 1.74 bits per heavy atom. The third-order valence-corrected chi connectivity index (χ3v) is 8.38. The number of hydrogen-bond acceptors (Lipinski definition) is 5. The summed E-state index contributed by atoms with van der Waals surface area (Å²) < 4.78 is 2.12. The number of fused-ring (bicyclic) bond motifs is 1. The number of H-pyrrole nitrogens is 1. The maximum absolute atomic E-state index is 13.3. The van der Waals surface area contributed by atoms with Gasteiger partial charge in [0, 0.05) is 23.7 Å². The van der Waals surface area contributed by atoms with Crippen LogP contribution in [0.5, 0.6) is 0 Å². The highest BCUT2D eigenvalue weighted by Crippen LogP contribution is 2.36. The van der Waals surface area contributed by atoms with E-state index < -0.39 is 0 Å². The number of tetrazole rings is 1. The van der Waals surface area contributed by atoms with Crippen molar-refractivity contribution in [3.05, 3.63) is 51.1 Å². The van der Waals surface area contributed by atoms with Gasteiger partial charge in [-0.1, -0.05) is 45.4 Å². The normalized spacial score (nSPS) is 18.6. The predicted octanol–water partition coefficient (Wildman–Crippen LogP) is 5.92. The summed E-state index contributed by atoms with van der Waals surface area (Å²) >= 11 is 0. The molecule has 0 unspecified atom stereocenters. The lowest BCUT2D eigenvalue weighted by atomic mass is 9.91. The lowest BCUT2D eigenvalue weighted by Gasteiger charge is -2.39. The van der Waals surface area contributed by atoms with Crippen LogP contribution in [-0.2, 0) is 6.54 Å². The number of nitrogens with one attached hydrogen (secondary N) is 1. The average Bonchev–Trinajstić information content (AvgIpc) is 3.55. The number of nitrogens with zero attached hydrogens (tertiary/aromatic N) is 5. The lowest BCUT2D eigenvalue weighted by molar-refractivity contribution is 0.0798. The molecule has 2 aliphatic rings. The van der Waals surface area contributed by atoms with Crippen molar-refractivity contribution in [2.24, 2.45) is 0 Å². The number of pyridine rings is 1. The maximum Gasteiger partial charge on any atom is 0.252 e. The van der Waals surface area contributed by atoms with Gasteiger partial charge in [0.1, 0.15) is 0 Å². The van der Waals surface area contributed by atoms with Crippen molar-refractivity contribution in [2.45, 2.75) is 116 Å². The van der Waals surface area contributed by atoms with Gasteiger partial charge in [-0.3, -0.25) is 9.69 Å². The third-order valence-electron chi connectivity index (χ3n) is 8.38. The molecule has 0 bridgehead atoms. The van der Waals surface area contributed by atoms with Crippen LogP contribution in [0.3, 0.4) is 0 Å². The fraction of sp³-hybridized carbons (Fsp3) is 0.643. The Morgan fingerprint density at radius 3 is 2.49 bits per heavy atom. The van der Waals surface area contributed by atoms with E-state index in [0.717, 1.165) is 48.0 Å². The van der Waals surface area contributed by atoms with Crippen molar-refractivity contribution in [2.75, 3.05) is 0 Å². The molecule has 0 aliphatic heterocycles. The molecule has 2 aromatic heterocycles. The van der Waals surface area contributed by atoms with Crippen molar-refractivity contribution in [1.82, 2.24) is 30.1 Å². The van der Waals surface area contributed by atoms with E-state index in [4.69, 9.17) is 0 Å². The van der Waals surface area contributed by atoms with E-state index >= 15 is 0 Å². The molecule has 0 radical (unpaired) electrons. The monoisotopic (exact) mass is 476 g/mol. The molecule has 2 saturated carbocycles. The van der Waals surface area contributed by atoms with Crippen molar-refractivity contribution < 1.29 is 0 Å². The molecule has 0 saturated heterocycles. The summed E-state index contributed by atoms with van der Waals surface area (Å²) in [6.07, 6.45) is 13.0. The number of hydrogen-bond donors (Lipinski definition) is 1. The Labute approximate surface area is 208 Å². The van der Waals surface area contributed by atoms with Crippen LogP contribution in [0.2, 0.25) is 0 Å². The highest BCUT2D eigenvalue weighted by molar-refractivity contribution is 5.80. The van der Waals surface area contributed by atoms with Crippen LogP contribution in [0.25, 0.3) is 10.9 Å². The molecule has 2 heterocycles. The second-order valence-electron chi connectivity index (χ2n) is 10.8. The van der Waals surface area contributed by atoms with Crippen LogP contribution in [0.1, 0.15) is 112 Å². The Balaban J connectivity index is 1.54.